The third-order valence-corrected chi connectivity index (χ3v) is 3.38. The first-order valence-electron chi connectivity index (χ1n) is 6.55. The van der Waals surface area contributed by atoms with E-state index in [1.54, 1.807) is 0 Å². The molecule has 1 aromatic heterocycles. The summed E-state index contributed by atoms with van der Waals surface area (Å²) in [4.78, 5) is 26.9. The highest BCUT2D eigenvalue weighted by Crippen LogP contribution is 2.47. The Hall–Kier alpha value is -1.85. The number of hydrogen-bond donors (Lipinski definition) is 2. The molecule has 104 valence electrons. The summed E-state index contributed by atoms with van der Waals surface area (Å²) in [7, 11) is 0. The molecule has 1 aliphatic rings. The summed E-state index contributed by atoms with van der Waals surface area (Å²) in [6.45, 7) is 2.48. The molecule has 1 heterocycles. The van der Waals surface area contributed by atoms with Crippen LogP contribution in [0.15, 0.2) is 10.7 Å². The molecule has 1 aliphatic carbocycles. The van der Waals surface area contributed by atoms with Crippen LogP contribution in [0.25, 0.3) is 0 Å². The lowest BCUT2D eigenvalue weighted by Crippen LogP contribution is -2.32. The number of hydrogen-bond acceptors (Lipinski definition) is 4. The second-order valence-corrected chi connectivity index (χ2v) is 5.20. The van der Waals surface area contributed by atoms with Gasteiger partial charge in [0, 0.05) is 19.4 Å². The van der Waals surface area contributed by atoms with Gasteiger partial charge in [0.2, 0.25) is 5.91 Å². The van der Waals surface area contributed by atoms with Crippen LogP contribution in [-0.2, 0) is 11.2 Å². The molecule has 0 unspecified atom stereocenters. The molecule has 0 spiro atoms. The quantitative estimate of drug-likeness (QED) is 0.768. The van der Waals surface area contributed by atoms with Crippen LogP contribution < -0.4 is 11.1 Å². The monoisotopic (exact) mass is 265 g/mol. The summed E-state index contributed by atoms with van der Waals surface area (Å²) in [6, 6.07) is 0. The van der Waals surface area contributed by atoms with Crippen molar-refractivity contribution in [3.63, 3.8) is 0 Å². The molecule has 2 rings (SSSR count). The molecule has 1 saturated carbocycles. The molecular weight excluding hydrogens is 246 g/mol. The highest BCUT2D eigenvalue weighted by atomic mass is 16.3. The van der Waals surface area contributed by atoms with E-state index < -0.39 is 0 Å². The summed E-state index contributed by atoms with van der Waals surface area (Å²) in [5.41, 5.74) is 5.36. The van der Waals surface area contributed by atoms with E-state index in [0.717, 1.165) is 25.7 Å². The molecule has 3 N–H and O–H groups in total. The molecule has 0 saturated heterocycles. The fraction of sp³-hybridized carbons (Fsp3) is 0.615. The summed E-state index contributed by atoms with van der Waals surface area (Å²) < 4.78 is 5.19. The van der Waals surface area contributed by atoms with E-state index in [0.29, 0.717) is 24.6 Å². The third kappa shape index (κ3) is 3.56. The molecule has 0 atom stereocenters. The number of carbonyl (C=O) groups is 2. The molecule has 0 radical (unpaired) electrons. The second-order valence-electron chi connectivity index (χ2n) is 5.20. The zero-order valence-electron chi connectivity index (χ0n) is 11.1. The van der Waals surface area contributed by atoms with Gasteiger partial charge in [-0.2, -0.15) is 0 Å². The molecule has 1 fully saturated rings. The highest BCUT2D eigenvalue weighted by Gasteiger charge is 2.44. The van der Waals surface area contributed by atoms with Gasteiger partial charge in [-0.25, -0.2) is 4.98 Å². The third-order valence-electron chi connectivity index (χ3n) is 3.38. The van der Waals surface area contributed by atoms with Crippen molar-refractivity contribution in [2.24, 2.45) is 11.1 Å². The topological polar surface area (TPSA) is 98.2 Å². The normalized spacial score (nSPS) is 16.1. The van der Waals surface area contributed by atoms with E-state index in [2.05, 4.69) is 10.3 Å². The molecule has 0 aliphatic heterocycles. The van der Waals surface area contributed by atoms with Crippen LogP contribution in [0.2, 0.25) is 0 Å². The van der Waals surface area contributed by atoms with Crippen molar-refractivity contribution < 1.29 is 14.0 Å². The molecule has 0 aromatic carbocycles. The van der Waals surface area contributed by atoms with E-state index in [4.69, 9.17) is 10.2 Å². The van der Waals surface area contributed by atoms with Crippen LogP contribution in [0.4, 0.5) is 0 Å². The van der Waals surface area contributed by atoms with Crippen LogP contribution in [0.5, 0.6) is 0 Å². The number of primary amides is 1. The number of nitrogens with zero attached hydrogens (tertiary/aromatic N) is 1. The van der Waals surface area contributed by atoms with Gasteiger partial charge in [0.05, 0.1) is 0 Å². The van der Waals surface area contributed by atoms with Crippen molar-refractivity contribution >= 4 is 11.8 Å². The second kappa shape index (κ2) is 5.42. The first kappa shape index (κ1) is 13.6. The minimum atomic E-state index is -0.321. The van der Waals surface area contributed by atoms with Gasteiger partial charge in [-0.3, -0.25) is 9.59 Å². The van der Waals surface area contributed by atoms with Gasteiger partial charge in [0.25, 0.3) is 5.91 Å². The summed E-state index contributed by atoms with van der Waals surface area (Å²) in [6.07, 6.45) is 5.19. The van der Waals surface area contributed by atoms with Crippen molar-refractivity contribution in [1.82, 2.24) is 10.3 Å². The Bertz CT molecular complexity index is 477. The predicted octanol–water partition coefficient (Wildman–Crippen LogP) is 1.01. The number of rotatable bonds is 7. The van der Waals surface area contributed by atoms with Crippen molar-refractivity contribution in [2.75, 3.05) is 6.54 Å². The summed E-state index contributed by atoms with van der Waals surface area (Å²) >= 11 is 0. The van der Waals surface area contributed by atoms with Gasteiger partial charge < -0.3 is 15.5 Å². The number of carbonyl (C=O) groups excluding carboxylic acids is 2. The molecular formula is C13H19N3O3. The highest BCUT2D eigenvalue weighted by molar-refractivity contribution is 5.92. The van der Waals surface area contributed by atoms with Gasteiger partial charge >= 0.3 is 0 Å². The number of oxazole rings is 1. The number of aryl methyl sites for hydroxylation is 1. The molecule has 6 heteroatoms. The summed E-state index contributed by atoms with van der Waals surface area (Å²) in [5, 5.41) is 2.79. The van der Waals surface area contributed by atoms with Crippen molar-refractivity contribution in [1.29, 1.82) is 0 Å². The average molecular weight is 265 g/mol. The van der Waals surface area contributed by atoms with Crippen LogP contribution in [0, 0.1) is 5.41 Å². The fourth-order valence-corrected chi connectivity index (χ4v) is 2.06. The van der Waals surface area contributed by atoms with Crippen LogP contribution in [-0.4, -0.2) is 23.3 Å². The van der Waals surface area contributed by atoms with E-state index in [-0.39, 0.29) is 17.2 Å². The van der Waals surface area contributed by atoms with E-state index in [9.17, 15) is 9.59 Å². The number of aromatic nitrogens is 1. The Balaban J connectivity index is 1.85. The molecule has 2 amide bonds. The van der Waals surface area contributed by atoms with Crippen molar-refractivity contribution in [3.8, 4) is 0 Å². The Morgan fingerprint density at radius 3 is 2.84 bits per heavy atom. The van der Waals surface area contributed by atoms with E-state index >= 15 is 0 Å². The SMILES string of the molecule is CCCc1nc(C(=O)NCC2(CC(N)=O)CC2)co1. The predicted molar refractivity (Wildman–Crippen MR) is 68.3 cm³/mol. The number of amides is 2. The number of nitrogens with one attached hydrogen (secondary N) is 1. The zero-order valence-corrected chi connectivity index (χ0v) is 11.1. The van der Waals surface area contributed by atoms with Gasteiger partial charge in [0.1, 0.15) is 6.26 Å². The molecule has 1 aromatic rings. The lowest BCUT2D eigenvalue weighted by molar-refractivity contribution is -0.119. The Labute approximate surface area is 111 Å². The van der Waals surface area contributed by atoms with Gasteiger partial charge in [-0.05, 0) is 24.7 Å². The molecule has 0 bridgehead atoms. The smallest absolute Gasteiger partial charge is 0.273 e. The maximum Gasteiger partial charge on any atom is 0.273 e. The maximum absolute atomic E-state index is 11.9. The molecule has 19 heavy (non-hydrogen) atoms. The summed E-state index contributed by atoms with van der Waals surface area (Å²) in [5.74, 6) is -0.00816. The first-order valence-corrected chi connectivity index (χ1v) is 6.55. The number of nitrogens with two attached hydrogens (primary N) is 1. The lowest BCUT2D eigenvalue weighted by Gasteiger charge is -2.12. The van der Waals surface area contributed by atoms with Crippen molar-refractivity contribution in [2.45, 2.75) is 39.0 Å². The van der Waals surface area contributed by atoms with Crippen LogP contribution >= 0.6 is 0 Å². The van der Waals surface area contributed by atoms with Gasteiger partial charge in [-0.1, -0.05) is 6.92 Å². The van der Waals surface area contributed by atoms with Crippen LogP contribution in [0.3, 0.4) is 0 Å². The minimum Gasteiger partial charge on any atom is -0.448 e. The standard InChI is InChI=1S/C13H19N3O3/c1-2-3-11-16-9(7-19-11)12(18)15-8-13(4-5-13)6-10(14)17/h7H,2-6,8H2,1H3,(H2,14,17)(H,15,18). The fourth-order valence-electron chi connectivity index (χ4n) is 2.06. The Morgan fingerprint density at radius 1 is 1.53 bits per heavy atom. The average Bonchev–Trinajstić information content (AvgIpc) is 2.93. The van der Waals surface area contributed by atoms with E-state index in [1.165, 1.54) is 6.26 Å². The van der Waals surface area contributed by atoms with E-state index in [1.807, 2.05) is 6.92 Å². The largest absolute Gasteiger partial charge is 0.448 e. The maximum atomic E-state index is 11.9. The van der Waals surface area contributed by atoms with Crippen LogP contribution in [0.1, 0.15) is 49.0 Å². The zero-order chi connectivity index (χ0) is 13.9. The molecule has 6 nitrogen and oxygen atoms in total. The van der Waals surface area contributed by atoms with Gasteiger partial charge in [0.15, 0.2) is 11.6 Å². The first-order chi connectivity index (χ1) is 9.04. The Morgan fingerprint density at radius 2 is 2.26 bits per heavy atom. The lowest BCUT2D eigenvalue weighted by atomic mass is 10.0. The minimum absolute atomic E-state index is 0.128. The Kier molecular flexibility index (Phi) is 3.87. The van der Waals surface area contributed by atoms with Gasteiger partial charge in [-0.15, -0.1) is 0 Å². The van der Waals surface area contributed by atoms with Crippen molar-refractivity contribution in [3.05, 3.63) is 17.8 Å².